The van der Waals surface area contributed by atoms with Crippen LogP contribution < -0.4 is 11.1 Å². The molecule has 3 nitrogen and oxygen atoms in total. The van der Waals surface area contributed by atoms with Gasteiger partial charge in [0.05, 0.1) is 5.69 Å². The third kappa shape index (κ3) is 4.58. The average Bonchev–Trinajstić information content (AvgIpc) is 2.42. The molecule has 2 aromatic rings. The molecule has 0 saturated heterocycles. The van der Waals surface area contributed by atoms with Crippen molar-refractivity contribution < 1.29 is 4.79 Å². The molecule has 0 bridgehead atoms. The van der Waals surface area contributed by atoms with Gasteiger partial charge in [-0.1, -0.05) is 12.1 Å². The molecule has 0 aliphatic heterocycles. The summed E-state index contributed by atoms with van der Waals surface area (Å²) in [5.41, 5.74) is 9.36. The van der Waals surface area contributed by atoms with Crippen molar-refractivity contribution in [3.63, 3.8) is 0 Å². The van der Waals surface area contributed by atoms with E-state index in [0.717, 1.165) is 31.4 Å². The molecule has 0 aliphatic carbocycles. The van der Waals surface area contributed by atoms with Gasteiger partial charge in [0, 0.05) is 21.1 Å². The van der Waals surface area contributed by atoms with Gasteiger partial charge in [0.2, 0.25) is 5.91 Å². The SMILES string of the molecule is Cc1cc(Br)c(NC(=O)CCc2ccc(N)cc2)c(Br)c1. The number of rotatable bonds is 4. The Kier molecular flexibility index (Phi) is 5.42. The normalized spacial score (nSPS) is 10.4. The fourth-order valence-electron chi connectivity index (χ4n) is 1.96. The second kappa shape index (κ2) is 7.09. The van der Waals surface area contributed by atoms with Crippen LogP contribution in [0.5, 0.6) is 0 Å². The number of anilines is 2. The monoisotopic (exact) mass is 410 g/mol. The zero-order valence-electron chi connectivity index (χ0n) is 11.6. The molecular weight excluding hydrogens is 396 g/mol. The number of hydrogen-bond donors (Lipinski definition) is 2. The lowest BCUT2D eigenvalue weighted by molar-refractivity contribution is -0.116. The number of carbonyl (C=O) groups is 1. The highest BCUT2D eigenvalue weighted by Crippen LogP contribution is 2.32. The van der Waals surface area contributed by atoms with E-state index in [9.17, 15) is 4.79 Å². The lowest BCUT2D eigenvalue weighted by Gasteiger charge is -2.11. The van der Waals surface area contributed by atoms with Crippen molar-refractivity contribution in [2.45, 2.75) is 19.8 Å². The average molecular weight is 412 g/mol. The first kappa shape index (κ1) is 16.0. The number of benzene rings is 2. The Balaban J connectivity index is 1.97. The van der Waals surface area contributed by atoms with Gasteiger partial charge < -0.3 is 11.1 Å². The molecule has 0 unspecified atom stereocenters. The van der Waals surface area contributed by atoms with Crippen molar-refractivity contribution in [3.8, 4) is 0 Å². The molecule has 0 aromatic heterocycles. The van der Waals surface area contributed by atoms with Gasteiger partial charge in [-0.3, -0.25) is 4.79 Å². The van der Waals surface area contributed by atoms with E-state index in [4.69, 9.17) is 5.73 Å². The molecule has 110 valence electrons. The highest BCUT2D eigenvalue weighted by molar-refractivity contribution is 9.11. The third-order valence-electron chi connectivity index (χ3n) is 3.07. The summed E-state index contributed by atoms with van der Waals surface area (Å²) in [7, 11) is 0. The minimum absolute atomic E-state index is 0.0166. The lowest BCUT2D eigenvalue weighted by atomic mass is 10.1. The van der Waals surface area contributed by atoms with Crippen LogP contribution in [0, 0.1) is 6.92 Å². The van der Waals surface area contributed by atoms with Crippen LogP contribution in [0.2, 0.25) is 0 Å². The van der Waals surface area contributed by atoms with Crippen molar-refractivity contribution in [2.75, 3.05) is 11.1 Å². The van der Waals surface area contributed by atoms with Gasteiger partial charge in [-0.2, -0.15) is 0 Å². The smallest absolute Gasteiger partial charge is 0.224 e. The first-order valence-corrected chi connectivity index (χ1v) is 8.14. The van der Waals surface area contributed by atoms with E-state index in [1.165, 1.54) is 0 Å². The number of nitrogens with two attached hydrogens (primary N) is 1. The topological polar surface area (TPSA) is 55.1 Å². The predicted molar refractivity (Wildman–Crippen MR) is 94.4 cm³/mol. The summed E-state index contributed by atoms with van der Waals surface area (Å²) in [5.74, 6) is -0.0166. The van der Waals surface area contributed by atoms with Crippen LogP contribution in [0.3, 0.4) is 0 Å². The second-order valence-corrected chi connectivity index (χ2v) is 6.60. The van der Waals surface area contributed by atoms with Crippen molar-refractivity contribution in [2.24, 2.45) is 0 Å². The standard InChI is InChI=1S/C16H16Br2N2O/c1-10-8-13(17)16(14(18)9-10)20-15(21)7-4-11-2-5-12(19)6-3-11/h2-3,5-6,8-9H,4,7,19H2,1H3,(H,20,21). The number of nitrogen functional groups attached to an aromatic ring is 1. The molecule has 0 aliphatic rings. The van der Waals surface area contributed by atoms with Crippen LogP contribution in [0.4, 0.5) is 11.4 Å². The molecule has 5 heteroatoms. The highest BCUT2D eigenvalue weighted by atomic mass is 79.9. The van der Waals surface area contributed by atoms with Gasteiger partial charge in [0.1, 0.15) is 0 Å². The molecule has 0 fully saturated rings. The van der Waals surface area contributed by atoms with Crippen LogP contribution in [-0.2, 0) is 11.2 Å². The van der Waals surface area contributed by atoms with Gasteiger partial charge in [-0.25, -0.2) is 0 Å². The zero-order chi connectivity index (χ0) is 15.4. The third-order valence-corrected chi connectivity index (χ3v) is 4.32. The van der Waals surface area contributed by atoms with Gasteiger partial charge in [-0.15, -0.1) is 0 Å². The van der Waals surface area contributed by atoms with Crippen LogP contribution in [0.15, 0.2) is 45.3 Å². The summed E-state index contributed by atoms with van der Waals surface area (Å²) in [6.07, 6.45) is 1.11. The minimum atomic E-state index is -0.0166. The molecule has 2 rings (SSSR count). The predicted octanol–water partition coefficient (Wildman–Crippen LogP) is 4.67. The van der Waals surface area contributed by atoms with E-state index >= 15 is 0 Å². The molecule has 3 N–H and O–H groups in total. The summed E-state index contributed by atoms with van der Waals surface area (Å²) in [4.78, 5) is 12.1. The first-order valence-electron chi connectivity index (χ1n) is 6.55. The van der Waals surface area contributed by atoms with E-state index < -0.39 is 0 Å². The Bertz CT molecular complexity index is 631. The quantitative estimate of drug-likeness (QED) is 0.718. The Morgan fingerprint density at radius 1 is 1.14 bits per heavy atom. The number of halogens is 2. The summed E-state index contributed by atoms with van der Waals surface area (Å²) < 4.78 is 1.74. The lowest BCUT2D eigenvalue weighted by Crippen LogP contribution is -2.13. The maximum atomic E-state index is 12.1. The number of amides is 1. The van der Waals surface area contributed by atoms with Gasteiger partial charge in [0.15, 0.2) is 0 Å². The Labute approximate surface area is 141 Å². The van der Waals surface area contributed by atoms with Crippen LogP contribution >= 0.6 is 31.9 Å². The van der Waals surface area contributed by atoms with E-state index in [0.29, 0.717) is 12.8 Å². The summed E-state index contributed by atoms with van der Waals surface area (Å²) >= 11 is 6.94. The molecule has 0 radical (unpaired) electrons. The van der Waals surface area contributed by atoms with E-state index in [1.54, 1.807) is 0 Å². The van der Waals surface area contributed by atoms with E-state index in [1.807, 2.05) is 43.3 Å². The van der Waals surface area contributed by atoms with Gasteiger partial charge in [-0.05, 0) is 80.6 Å². The fourth-order valence-corrected chi connectivity index (χ4v) is 3.58. The summed E-state index contributed by atoms with van der Waals surface area (Å²) in [6.45, 7) is 2.00. The van der Waals surface area contributed by atoms with Crippen LogP contribution in [0.1, 0.15) is 17.5 Å². The van der Waals surface area contributed by atoms with Gasteiger partial charge in [0.25, 0.3) is 0 Å². The zero-order valence-corrected chi connectivity index (χ0v) is 14.8. The van der Waals surface area contributed by atoms with Crippen LogP contribution in [-0.4, -0.2) is 5.91 Å². The summed E-state index contributed by atoms with van der Waals surface area (Å²) in [5, 5.41) is 2.93. The number of nitrogens with one attached hydrogen (secondary N) is 1. The maximum absolute atomic E-state index is 12.1. The first-order chi connectivity index (χ1) is 9.95. The van der Waals surface area contributed by atoms with Crippen LogP contribution in [0.25, 0.3) is 0 Å². The Hall–Kier alpha value is -1.33. The molecule has 21 heavy (non-hydrogen) atoms. The van der Waals surface area contributed by atoms with Crippen molar-refractivity contribution in [1.29, 1.82) is 0 Å². The van der Waals surface area contributed by atoms with E-state index in [2.05, 4.69) is 37.2 Å². The maximum Gasteiger partial charge on any atom is 0.224 e. The molecule has 0 heterocycles. The van der Waals surface area contributed by atoms with Crippen molar-refractivity contribution >= 4 is 49.1 Å². The van der Waals surface area contributed by atoms with Crippen molar-refractivity contribution in [1.82, 2.24) is 0 Å². The Morgan fingerprint density at radius 3 is 2.29 bits per heavy atom. The largest absolute Gasteiger partial charge is 0.399 e. The minimum Gasteiger partial charge on any atom is -0.399 e. The molecule has 0 atom stereocenters. The second-order valence-electron chi connectivity index (χ2n) is 4.89. The Morgan fingerprint density at radius 2 is 1.71 bits per heavy atom. The molecule has 0 spiro atoms. The molecule has 0 saturated carbocycles. The highest BCUT2D eigenvalue weighted by Gasteiger charge is 2.10. The number of aryl methyl sites for hydroxylation is 2. The number of hydrogen-bond acceptors (Lipinski definition) is 2. The molecule has 1 amide bonds. The molecular formula is C16H16Br2N2O. The summed E-state index contributed by atoms with van der Waals surface area (Å²) in [6, 6.07) is 11.5. The number of carbonyl (C=O) groups excluding carboxylic acids is 1. The van der Waals surface area contributed by atoms with E-state index in [-0.39, 0.29) is 5.91 Å². The fraction of sp³-hybridized carbons (Fsp3) is 0.188. The van der Waals surface area contributed by atoms with Crippen molar-refractivity contribution in [3.05, 3.63) is 56.5 Å². The van der Waals surface area contributed by atoms with Gasteiger partial charge >= 0.3 is 0 Å². The molecule has 2 aromatic carbocycles.